The van der Waals surface area contributed by atoms with Crippen LogP contribution in [0.15, 0.2) is 30.3 Å². The molecular weight excluding hydrogens is 320 g/mol. The summed E-state index contributed by atoms with van der Waals surface area (Å²) in [4.78, 5) is 10.6. The zero-order chi connectivity index (χ0) is 18.7. The number of rotatable bonds is 7. The largest absolute Gasteiger partial charge is 0.371 e. The van der Waals surface area contributed by atoms with Gasteiger partial charge in [-0.15, -0.1) is 0 Å². The third-order valence-electron chi connectivity index (χ3n) is 4.74. The molecule has 0 unspecified atom stereocenters. The zero-order valence-corrected chi connectivity index (χ0v) is 16.6. The lowest BCUT2D eigenvalue weighted by atomic mass is 10.1. The summed E-state index contributed by atoms with van der Waals surface area (Å²) in [6.45, 7) is 13.0. The van der Waals surface area contributed by atoms with Crippen LogP contribution in [0, 0.1) is 20.8 Å². The van der Waals surface area contributed by atoms with Crippen molar-refractivity contribution in [2.24, 2.45) is 0 Å². The molecule has 0 spiro atoms. The van der Waals surface area contributed by atoms with E-state index in [0.29, 0.717) is 0 Å². The second kappa shape index (κ2) is 7.81. The summed E-state index contributed by atoms with van der Waals surface area (Å²) in [6.07, 6.45) is 2.31. The van der Waals surface area contributed by atoms with Gasteiger partial charge in [0.05, 0.1) is 11.0 Å². The molecule has 1 heterocycles. The Kier molecular flexibility index (Phi) is 5.50. The molecule has 2 N–H and O–H groups in total. The number of fused-ring (bicyclic) bond motifs is 1. The molecule has 3 rings (SSSR count). The second-order valence-corrected chi connectivity index (χ2v) is 7.17. The van der Waals surface area contributed by atoms with Crippen LogP contribution in [0.3, 0.4) is 0 Å². The van der Waals surface area contributed by atoms with E-state index in [0.717, 1.165) is 48.6 Å². The Morgan fingerprint density at radius 2 is 1.62 bits per heavy atom. The van der Waals surface area contributed by atoms with Crippen molar-refractivity contribution in [3.05, 3.63) is 47.0 Å². The number of anilines is 3. The lowest BCUT2D eigenvalue weighted by Crippen LogP contribution is -2.24. The predicted octanol–water partition coefficient (Wildman–Crippen LogP) is 5.86. The fourth-order valence-corrected chi connectivity index (χ4v) is 3.66. The summed E-state index contributed by atoms with van der Waals surface area (Å²) in [7, 11) is 0. The van der Waals surface area contributed by atoms with E-state index in [1.165, 1.54) is 22.4 Å². The number of hydrogen-bond donors (Lipinski definition) is 2. The highest BCUT2D eigenvalue weighted by Gasteiger charge is 2.10. The molecule has 0 fully saturated rings. The van der Waals surface area contributed by atoms with Gasteiger partial charge >= 0.3 is 0 Å². The molecule has 4 nitrogen and oxygen atoms in total. The van der Waals surface area contributed by atoms with E-state index >= 15 is 0 Å². The quantitative estimate of drug-likeness (QED) is 0.561. The smallest absolute Gasteiger partial charge is 0.205 e. The van der Waals surface area contributed by atoms with Crippen LogP contribution in [-0.2, 0) is 0 Å². The summed E-state index contributed by atoms with van der Waals surface area (Å²) < 4.78 is 0. The van der Waals surface area contributed by atoms with Crippen LogP contribution in [0.1, 0.15) is 43.4 Å². The van der Waals surface area contributed by atoms with Gasteiger partial charge in [-0.25, -0.2) is 4.98 Å². The fraction of sp³-hybridized carbons (Fsp3) is 0.409. The number of hydrogen-bond acceptors (Lipinski definition) is 3. The van der Waals surface area contributed by atoms with Crippen molar-refractivity contribution in [2.75, 3.05) is 23.3 Å². The molecule has 0 radical (unpaired) electrons. The SMILES string of the molecule is CCCN(CCC)c1ccc2nc(Nc3c(C)cc(C)cc3C)[nH]c2c1. The van der Waals surface area contributed by atoms with Crippen molar-refractivity contribution in [3.8, 4) is 0 Å². The highest BCUT2D eigenvalue weighted by atomic mass is 15.1. The minimum Gasteiger partial charge on any atom is -0.371 e. The number of H-pyrrole nitrogens is 1. The first kappa shape index (κ1) is 18.3. The summed E-state index contributed by atoms with van der Waals surface area (Å²) in [5, 5.41) is 3.48. The Hall–Kier alpha value is -2.49. The molecule has 138 valence electrons. The molecule has 0 aliphatic rings. The molecule has 0 bridgehead atoms. The van der Waals surface area contributed by atoms with Crippen molar-refractivity contribution in [3.63, 3.8) is 0 Å². The van der Waals surface area contributed by atoms with Crippen LogP contribution in [-0.4, -0.2) is 23.1 Å². The maximum atomic E-state index is 4.72. The molecule has 0 aliphatic carbocycles. The molecular formula is C22H30N4. The minimum atomic E-state index is 0.796. The highest BCUT2D eigenvalue weighted by molar-refractivity contribution is 5.82. The number of nitrogens with zero attached hydrogens (tertiary/aromatic N) is 2. The maximum Gasteiger partial charge on any atom is 0.205 e. The number of aromatic nitrogens is 2. The maximum absolute atomic E-state index is 4.72. The van der Waals surface area contributed by atoms with E-state index in [4.69, 9.17) is 4.98 Å². The molecule has 1 aromatic heterocycles. The van der Waals surface area contributed by atoms with E-state index in [2.05, 4.69) is 80.2 Å². The van der Waals surface area contributed by atoms with E-state index in [9.17, 15) is 0 Å². The van der Waals surface area contributed by atoms with Gasteiger partial charge in [-0.2, -0.15) is 0 Å². The third-order valence-corrected chi connectivity index (χ3v) is 4.74. The summed E-state index contributed by atoms with van der Waals surface area (Å²) in [5.41, 5.74) is 8.22. The molecule has 0 amide bonds. The van der Waals surface area contributed by atoms with Gasteiger partial charge < -0.3 is 15.2 Å². The minimum absolute atomic E-state index is 0.796. The molecule has 3 aromatic rings. The number of nitrogens with one attached hydrogen (secondary N) is 2. The van der Waals surface area contributed by atoms with Crippen LogP contribution >= 0.6 is 0 Å². The number of aryl methyl sites for hydroxylation is 3. The zero-order valence-electron chi connectivity index (χ0n) is 16.6. The molecule has 26 heavy (non-hydrogen) atoms. The van der Waals surface area contributed by atoms with Crippen LogP contribution in [0.25, 0.3) is 11.0 Å². The Bertz CT molecular complexity index is 865. The molecule has 0 saturated heterocycles. The van der Waals surface area contributed by atoms with Crippen LogP contribution in [0.2, 0.25) is 0 Å². The van der Waals surface area contributed by atoms with Gasteiger partial charge in [-0.3, -0.25) is 0 Å². The molecule has 2 aromatic carbocycles. The van der Waals surface area contributed by atoms with Gasteiger partial charge in [-0.1, -0.05) is 31.5 Å². The Morgan fingerprint density at radius 1 is 0.962 bits per heavy atom. The van der Waals surface area contributed by atoms with Crippen LogP contribution < -0.4 is 10.2 Å². The van der Waals surface area contributed by atoms with Gasteiger partial charge in [0.1, 0.15) is 0 Å². The van der Waals surface area contributed by atoms with E-state index in [-0.39, 0.29) is 0 Å². The van der Waals surface area contributed by atoms with Gasteiger partial charge in [0.25, 0.3) is 0 Å². The van der Waals surface area contributed by atoms with E-state index in [1.807, 2.05) is 0 Å². The number of imidazole rings is 1. The summed E-state index contributed by atoms with van der Waals surface area (Å²) in [6, 6.07) is 10.9. The average Bonchev–Trinajstić information content (AvgIpc) is 2.99. The van der Waals surface area contributed by atoms with Gasteiger partial charge in [0.2, 0.25) is 5.95 Å². The molecule has 4 heteroatoms. The Labute approximate surface area is 156 Å². The van der Waals surface area contributed by atoms with Crippen molar-refractivity contribution >= 4 is 28.4 Å². The number of aromatic amines is 1. The monoisotopic (exact) mass is 350 g/mol. The van der Waals surface area contributed by atoms with Gasteiger partial charge in [0, 0.05) is 24.5 Å². The van der Waals surface area contributed by atoms with Crippen molar-refractivity contribution in [1.82, 2.24) is 9.97 Å². The van der Waals surface area contributed by atoms with Gasteiger partial charge in [0.15, 0.2) is 0 Å². The number of benzene rings is 2. The standard InChI is InChI=1S/C22H30N4/c1-6-10-26(11-7-2)18-8-9-19-20(14-18)24-22(23-19)25-21-16(4)12-15(3)13-17(21)5/h8-9,12-14H,6-7,10-11H2,1-5H3,(H2,23,24,25). The second-order valence-electron chi connectivity index (χ2n) is 7.17. The Morgan fingerprint density at radius 3 is 2.23 bits per heavy atom. The summed E-state index contributed by atoms with van der Waals surface area (Å²) in [5.74, 6) is 0.796. The third kappa shape index (κ3) is 3.85. The van der Waals surface area contributed by atoms with E-state index in [1.54, 1.807) is 0 Å². The lowest BCUT2D eigenvalue weighted by molar-refractivity contribution is 0.745. The van der Waals surface area contributed by atoms with Crippen molar-refractivity contribution < 1.29 is 0 Å². The first-order chi connectivity index (χ1) is 12.5. The fourth-order valence-electron chi connectivity index (χ4n) is 3.66. The average molecular weight is 351 g/mol. The van der Waals surface area contributed by atoms with Crippen LogP contribution in [0.5, 0.6) is 0 Å². The first-order valence-electron chi connectivity index (χ1n) is 9.61. The highest BCUT2D eigenvalue weighted by Crippen LogP contribution is 2.27. The normalized spacial score (nSPS) is 11.1. The van der Waals surface area contributed by atoms with Crippen molar-refractivity contribution in [1.29, 1.82) is 0 Å². The first-order valence-corrected chi connectivity index (χ1v) is 9.61. The van der Waals surface area contributed by atoms with Crippen LogP contribution in [0.4, 0.5) is 17.3 Å². The van der Waals surface area contributed by atoms with Crippen molar-refractivity contribution in [2.45, 2.75) is 47.5 Å². The Balaban J connectivity index is 1.90. The summed E-state index contributed by atoms with van der Waals surface area (Å²) >= 11 is 0. The topological polar surface area (TPSA) is 44.0 Å². The molecule has 0 saturated carbocycles. The van der Waals surface area contributed by atoms with Gasteiger partial charge in [-0.05, 0) is 62.9 Å². The predicted molar refractivity (Wildman–Crippen MR) is 113 cm³/mol. The molecule has 0 aliphatic heterocycles. The molecule has 0 atom stereocenters. The lowest BCUT2D eigenvalue weighted by Gasteiger charge is -2.23. The van der Waals surface area contributed by atoms with E-state index < -0.39 is 0 Å².